The maximum Gasteiger partial charge on any atom is 0.343 e. The minimum atomic E-state index is -0.777. The first-order valence-electron chi connectivity index (χ1n) is 18.9. The first-order chi connectivity index (χ1) is 26.6. The summed E-state index contributed by atoms with van der Waals surface area (Å²) in [5, 5.41) is 13.5. The van der Waals surface area contributed by atoms with Crippen molar-refractivity contribution in [1.29, 1.82) is 0 Å². The molecule has 0 atom stereocenters. The normalized spacial score (nSPS) is 18.7. The molecule has 4 aliphatic heterocycles. The molecule has 0 bridgehead atoms. The standard InChI is InChI=1S/C38H46N12O5/c1-23(2)49-30-20-32(41-31-7-13-39-37(42-31)47-16-10-26(55-4)11-17-47)40-21-29(30)34(44-49)46-14-8-25(9-15-46)45(3)22-24-5-6-27-28(19-24)36(53)50(35(27)52)48-18-12-33(51)43-38(48)54/h5-7,13,19-21,23,25-26H,8-12,14-18,22H2,1-4H3,(H,43,51,54)(H,39,40,41,42). The highest BCUT2D eigenvalue weighted by atomic mass is 16.5. The molecule has 3 saturated heterocycles. The number of fused-ring (bicyclic) bond motifs is 2. The summed E-state index contributed by atoms with van der Waals surface area (Å²) < 4.78 is 7.57. The van der Waals surface area contributed by atoms with Gasteiger partial charge in [0.2, 0.25) is 11.9 Å². The quantitative estimate of drug-likeness (QED) is 0.225. The molecule has 3 aromatic heterocycles. The smallest absolute Gasteiger partial charge is 0.343 e. The van der Waals surface area contributed by atoms with E-state index in [-0.39, 0.29) is 36.2 Å². The number of urea groups is 1. The number of carbonyl (C=O) groups is 4. The van der Waals surface area contributed by atoms with Crippen LogP contribution >= 0.6 is 0 Å². The van der Waals surface area contributed by atoms with Gasteiger partial charge in [0.25, 0.3) is 11.8 Å². The number of carbonyl (C=O) groups excluding carboxylic acids is 4. The number of pyridine rings is 1. The van der Waals surface area contributed by atoms with Crippen LogP contribution in [0.25, 0.3) is 10.9 Å². The van der Waals surface area contributed by atoms with E-state index in [1.54, 1.807) is 25.4 Å². The summed E-state index contributed by atoms with van der Waals surface area (Å²) >= 11 is 0. The van der Waals surface area contributed by atoms with Crippen LogP contribution in [0.2, 0.25) is 0 Å². The molecule has 0 spiro atoms. The maximum atomic E-state index is 13.3. The van der Waals surface area contributed by atoms with E-state index in [2.05, 4.69) is 55.9 Å². The van der Waals surface area contributed by atoms with Gasteiger partial charge in [-0.1, -0.05) is 6.07 Å². The minimum absolute atomic E-state index is 0.0148. The van der Waals surface area contributed by atoms with Crippen LogP contribution in [0.4, 0.5) is 28.2 Å². The number of piperidine rings is 2. The van der Waals surface area contributed by atoms with Gasteiger partial charge < -0.3 is 19.9 Å². The molecule has 4 aliphatic rings. The Labute approximate surface area is 318 Å². The third kappa shape index (κ3) is 7.04. The van der Waals surface area contributed by atoms with Crippen LogP contribution in [-0.4, -0.2) is 122 Å². The van der Waals surface area contributed by atoms with E-state index in [0.29, 0.717) is 30.2 Å². The van der Waals surface area contributed by atoms with Gasteiger partial charge in [0.15, 0.2) is 5.82 Å². The number of amides is 5. The summed E-state index contributed by atoms with van der Waals surface area (Å²) in [6, 6.07) is 8.79. The van der Waals surface area contributed by atoms with Gasteiger partial charge in [-0.05, 0) is 70.3 Å². The SMILES string of the molecule is COC1CCN(c2nccc(Nc3cc4c(cn3)c(N3CCC(N(C)Cc5ccc6c(c5)C(=O)N(N5CCC(=O)NC5=O)C6=O)CC3)nn4C(C)C)n2)CC1. The van der Waals surface area contributed by atoms with Crippen LogP contribution in [0, 0.1) is 0 Å². The molecule has 8 rings (SSSR count). The Morgan fingerprint density at radius 1 is 0.909 bits per heavy atom. The molecule has 3 fully saturated rings. The van der Waals surface area contributed by atoms with Gasteiger partial charge in [0.1, 0.15) is 11.6 Å². The third-order valence-electron chi connectivity index (χ3n) is 11.0. The molecule has 0 unspecified atom stereocenters. The average molecular weight is 751 g/mol. The number of nitrogens with zero attached hydrogens (tertiary/aromatic N) is 10. The van der Waals surface area contributed by atoms with Gasteiger partial charge in [-0.15, -0.1) is 0 Å². The predicted octanol–water partition coefficient (Wildman–Crippen LogP) is 3.71. The second-order valence-electron chi connectivity index (χ2n) is 14.9. The van der Waals surface area contributed by atoms with Crippen molar-refractivity contribution < 1.29 is 23.9 Å². The molecule has 55 heavy (non-hydrogen) atoms. The minimum Gasteiger partial charge on any atom is -0.381 e. The Morgan fingerprint density at radius 3 is 2.38 bits per heavy atom. The number of methoxy groups -OCH3 is 1. The van der Waals surface area contributed by atoms with Crippen LogP contribution in [-0.2, 0) is 16.1 Å². The van der Waals surface area contributed by atoms with Crippen molar-refractivity contribution in [2.24, 2.45) is 0 Å². The second kappa shape index (κ2) is 14.9. The van der Waals surface area contributed by atoms with Crippen LogP contribution in [0.5, 0.6) is 0 Å². The lowest BCUT2D eigenvalue weighted by molar-refractivity contribution is -0.122. The topological polar surface area (TPSA) is 174 Å². The second-order valence-corrected chi connectivity index (χ2v) is 14.9. The lowest BCUT2D eigenvalue weighted by Gasteiger charge is -2.37. The van der Waals surface area contributed by atoms with E-state index in [0.717, 1.165) is 84.2 Å². The summed E-state index contributed by atoms with van der Waals surface area (Å²) in [7, 11) is 3.84. The van der Waals surface area contributed by atoms with Crippen LogP contribution < -0.4 is 20.4 Å². The predicted molar refractivity (Wildman–Crippen MR) is 204 cm³/mol. The molecule has 17 nitrogen and oxygen atoms in total. The summed E-state index contributed by atoms with van der Waals surface area (Å²) in [4.78, 5) is 71.3. The molecular formula is C38H46N12O5. The first-order valence-corrected chi connectivity index (χ1v) is 18.9. The number of ether oxygens (including phenoxy) is 1. The molecule has 288 valence electrons. The average Bonchev–Trinajstić information content (AvgIpc) is 3.69. The van der Waals surface area contributed by atoms with Crippen LogP contribution in [0.1, 0.15) is 78.3 Å². The number of benzene rings is 1. The van der Waals surface area contributed by atoms with Gasteiger partial charge >= 0.3 is 6.03 Å². The molecular weight excluding hydrogens is 704 g/mol. The molecule has 4 aromatic rings. The van der Waals surface area contributed by atoms with E-state index in [9.17, 15) is 19.2 Å². The summed E-state index contributed by atoms with van der Waals surface area (Å²) in [5.41, 5.74) is 2.40. The third-order valence-corrected chi connectivity index (χ3v) is 11.0. The van der Waals surface area contributed by atoms with Gasteiger partial charge in [0.05, 0.1) is 34.7 Å². The van der Waals surface area contributed by atoms with Crippen molar-refractivity contribution >= 4 is 58.1 Å². The summed E-state index contributed by atoms with van der Waals surface area (Å²) in [6.07, 6.45) is 7.69. The number of anilines is 4. The number of nitrogens with one attached hydrogen (secondary N) is 2. The van der Waals surface area contributed by atoms with E-state index in [1.165, 1.54) is 0 Å². The van der Waals surface area contributed by atoms with Gasteiger partial charge in [-0.2, -0.15) is 15.1 Å². The Balaban J connectivity index is 0.913. The number of hydrazine groups is 1. The number of rotatable bonds is 10. The Kier molecular flexibility index (Phi) is 9.81. The van der Waals surface area contributed by atoms with Crippen molar-refractivity contribution in [2.75, 3.05) is 62.0 Å². The molecule has 2 N–H and O–H groups in total. The molecule has 0 radical (unpaired) electrons. The van der Waals surface area contributed by atoms with Crippen LogP contribution in [0.15, 0.2) is 42.7 Å². The largest absolute Gasteiger partial charge is 0.381 e. The number of hydrogen-bond acceptors (Lipinski definition) is 13. The summed E-state index contributed by atoms with van der Waals surface area (Å²) in [6.45, 7) is 8.14. The molecule has 0 aliphatic carbocycles. The Bertz CT molecular complexity index is 2140. The monoisotopic (exact) mass is 750 g/mol. The first kappa shape index (κ1) is 36.3. The van der Waals surface area contributed by atoms with Crippen molar-refractivity contribution in [3.05, 3.63) is 59.4 Å². The Morgan fingerprint density at radius 2 is 1.65 bits per heavy atom. The Hall–Kier alpha value is -5.68. The zero-order valence-corrected chi connectivity index (χ0v) is 31.6. The van der Waals surface area contributed by atoms with Crippen molar-refractivity contribution in [3.8, 4) is 0 Å². The fourth-order valence-corrected chi connectivity index (χ4v) is 7.98. The molecule has 5 amide bonds. The van der Waals surface area contributed by atoms with Gasteiger partial charge in [0, 0.05) is 76.8 Å². The van der Waals surface area contributed by atoms with E-state index in [4.69, 9.17) is 19.8 Å². The number of hydrogen-bond donors (Lipinski definition) is 2. The van der Waals surface area contributed by atoms with Crippen LogP contribution in [0.3, 0.4) is 0 Å². The fraction of sp³-hybridized carbons (Fsp3) is 0.474. The lowest BCUT2D eigenvalue weighted by atomic mass is 10.0. The highest BCUT2D eigenvalue weighted by Crippen LogP contribution is 2.33. The van der Waals surface area contributed by atoms with Gasteiger partial charge in [-0.25, -0.2) is 19.8 Å². The summed E-state index contributed by atoms with van der Waals surface area (Å²) in [5.74, 6) is 1.41. The molecule has 0 saturated carbocycles. The van der Waals surface area contributed by atoms with Crippen molar-refractivity contribution in [3.63, 3.8) is 0 Å². The number of aromatic nitrogens is 5. The number of imide groups is 2. The molecule has 1 aromatic carbocycles. The lowest BCUT2D eigenvalue weighted by Crippen LogP contribution is -2.58. The maximum absolute atomic E-state index is 13.3. The molecule has 17 heteroatoms. The van der Waals surface area contributed by atoms with E-state index in [1.807, 2.05) is 24.4 Å². The zero-order valence-electron chi connectivity index (χ0n) is 31.6. The highest BCUT2D eigenvalue weighted by molar-refractivity contribution is 6.22. The fourth-order valence-electron chi connectivity index (χ4n) is 7.98. The van der Waals surface area contributed by atoms with Gasteiger partial charge in [-0.3, -0.25) is 29.3 Å². The van der Waals surface area contributed by atoms with E-state index >= 15 is 0 Å². The van der Waals surface area contributed by atoms with Crippen molar-refractivity contribution in [2.45, 2.75) is 70.7 Å². The zero-order chi connectivity index (χ0) is 38.4. The molecule has 7 heterocycles. The van der Waals surface area contributed by atoms with E-state index < -0.39 is 23.8 Å². The van der Waals surface area contributed by atoms with Crippen molar-refractivity contribution in [1.82, 2.24) is 45.0 Å². The highest BCUT2D eigenvalue weighted by Gasteiger charge is 2.43.